The molecular weight excluding hydrogens is 466 g/mol. The van der Waals surface area contributed by atoms with Crippen molar-refractivity contribution >= 4 is 40.1 Å². The van der Waals surface area contributed by atoms with Crippen LogP contribution in [0.5, 0.6) is 5.75 Å². The van der Waals surface area contributed by atoms with E-state index in [1.54, 1.807) is 12.0 Å². The summed E-state index contributed by atoms with van der Waals surface area (Å²) in [5.41, 5.74) is 4.46. The van der Waals surface area contributed by atoms with E-state index in [1.807, 2.05) is 47.4 Å². The van der Waals surface area contributed by atoms with E-state index in [-0.39, 0.29) is 11.9 Å². The lowest BCUT2D eigenvalue weighted by Crippen LogP contribution is -2.49. The number of halogens is 1. The number of carbonyl (C=O) groups is 2. The highest BCUT2D eigenvalue weighted by atomic mass is 35.5. The molecule has 0 spiro atoms. The van der Waals surface area contributed by atoms with Gasteiger partial charge in [0.15, 0.2) is 0 Å². The predicted octanol–water partition coefficient (Wildman–Crippen LogP) is 3.64. The van der Waals surface area contributed by atoms with Gasteiger partial charge in [0.1, 0.15) is 5.75 Å². The van der Waals surface area contributed by atoms with Gasteiger partial charge >= 0.3 is 6.03 Å². The number of H-pyrrole nitrogens is 1. The normalized spacial score (nSPS) is 15.8. The Morgan fingerprint density at radius 1 is 1.03 bits per heavy atom. The number of aromatic amines is 1. The van der Waals surface area contributed by atoms with E-state index < -0.39 is 0 Å². The number of nitrogens with zero attached hydrogens (tertiary/aromatic N) is 3. The van der Waals surface area contributed by atoms with E-state index in [0.29, 0.717) is 44.2 Å². The molecule has 0 radical (unpaired) electrons. The first-order valence-corrected chi connectivity index (χ1v) is 12.4. The molecule has 184 valence electrons. The third-order valence-corrected chi connectivity index (χ3v) is 7.14. The van der Waals surface area contributed by atoms with Crippen LogP contribution in [0.25, 0.3) is 10.9 Å². The Hall–Kier alpha value is -3.39. The molecule has 2 aliphatic rings. The molecule has 1 saturated heterocycles. The molecule has 3 amide bonds. The van der Waals surface area contributed by atoms with Crippen LogP contribution in [0.15, 0.2) is 42.5 Å². The van der Waals surface area contributed by atoms with Crippen LogP contribution in [0.4, 0.5) is 10.5 Å². The van der Waals surface area contributed by atoms with E-state index in [4.69, 9.17) is 16.3 Å². The number of methoxy groups -OCH3 is 1. The third kappa shape index (κ3) is 5.03. The third-order valence-electron chi connectivity index (χ3n) is 6.91. The molecule has 0 bridgehead atoms. The Bertz CT molecular complexity index is 1220. The highest BCUT2D eigenvalue weighted by Crippen LogP contribution is 2.29. The lowest BCUT2D eigenvalue weighted by atomic mass is 10.0. The molecule has 5 rings (SSSR count). The Morgan fingerprint density at radius 2 is 1.80 bits per heavy atom. The lowest BCUT2D eigenvalue weighted by Gasteiger charge is -2.36. The highest BCUT2D eigenvalue weighted by Gasteiger charge is 2.25. The summed E-state index contributed by atoms with van der Waals surface area (Å²) in [4.78, 5) is 34.8. The van der Waals surface area contributed by atoms with Crippen molar-refractivity contribution in [3.05, 3.63) is 58.7 Å². The standard InChI is InChI=1S/C26H30ClN5O3/c1-35-20-5-3-19(4-6-20)30-12-14-31(15-13-30)25(33)8-10-28-26(34)32-11-9-21-22-16-18(27)2-7-23(22)29-24(21)17-32/h2-7,16,29H,8-15,17H2,1H3,(H,28,34). The maximum absolute atomic E-state index is 12.7. The van der Waals surface area contributed by atoms with E-state index >= 15 is 0 Å². The van der Waals surface area contributed by atoms with Crippen molar-refractivity contribution in [2.45, 2.75) is 19.4 Å². The molecule has 3 heterocycles. The molecule has 8 nitrogen and oxygen atoms in total. The average molecular weight is 496 g/mol. The van der Waals surface area contributed by atoms with Gasteiger partial charge in [-0.25, -0.2) is 4.79 Å². The van der Waals surface area contributed by atoms with Gasteiger partial charge in [0.05, 0.1) is 13.7 Å². The number of benzene rings is 2. The van der Waals surface area contributed by atoms with Crippen molar-refractivity contribution in [1.82, 2.24) is 20.1 Å². The Morgan fingerprint density at radius 3 is 2.54 bits per heavy atom. The zero-order chi connectivity index (χ0) is 24.4. The van der Waals surface area contributed by atoms with Crippen LogP contribution >= 0.6 is 11.6 Å². The molecule has 2 aliphatic heterocycles. The van der Waals surface area contributed by atoms with Gasteiger partial charge in [0, 0.05) is 73.0 Å². The van der Waals surface area contributed by atoms with Gasteiger partial charge in [-0.1, -0.05) is 11.6 Å². The summed E-state index contributed by atoms with van der Waals surface area (Å²) in [6.07, 6.45) is 1.08. The van der Waals surface area contributed by atoms with Gasteiger partial charge in [-0.3, -0.25) is 4.79 Å². The van der Waals surface area contributed by atoms with E-state index in [1.165, 1.54) is 5.56 Å². The maximum Gasteiger partial charge on any atom is 0.317 e. The number of ether oxygens (including phenoxy) is 1. The summed E-state index contributed by atoms with van der Waals surface area (Å²) in [6.45, 7) is 4.43. The first-order chi connectivity index (χ1) is 17.0. The molecule has 35 heavy (non-hydrogen) atoms. The van der Waals surface area contributed by atoms with Crippen LogP contribution in [-0.2, 0) is 17.8 Å². The number of rotatable bonds is 5. The largest absolute Gasteiger partial charge is 0.497 e. The molecule has 0 unspecified atom stereocenters. The fourth-order valence-corrected chi connectivity index (χ4v) is 5.11. The Kier molecular flexibility index (Phi) is 6.72. The van der Waals surface area contributed by atoms with Gasteiger partial charge in [-0.05, 0) is 54.4 Å². The van der Waals surface area contributed by atoms with Gasteiger partial charge in [0.25, 0.3) is 0 Å². The molecule has 3 aromatic rings. The van der Waals surface area contributed by atoms with Crippen LogP contribution in [-0.4, -0.2) is 73.1 Å². The molecule has 2 aromatic carbocycles. The molecule has 2 N–H and O–H groups in total. The average Bonchev–Trinajstić information content (AvgIpc) is 3.25. The zero-order valence-corrected chi connectivity index (χ0v) is 20.6. The van der Waals surface area contributed by atoms with Gasteiger partial charge in [-0.2, -0.15) is 0 Å². The fourth-order valence-electron chi connectivity index (χ4n) is 4.94. The number of hydrogen-bond acceptors (Lipinski definition) is 4. The monoisotopic (exact) mass is 495 g/mol. The van der Waals surface area contributed by atoms with Gasteiger partial charge in [0.2, 0.25) is 5.91 Å². The first kappa shape index (κ1) is 23.4. The van der Waals surface area contributed by atoms with Crippen molar-refractivity contribution in [3.8, 4) is 5.75 Å². The smallest absolute Gasteiger partial charge is 0.317 e. The van der Waals surface area contributed by atoms with Gasteiger partial charge < -0.3 is 29.7 Å². The number of piperazine rings is 1. The first-order valence-electron chi connectivity index (χ1n) is 12.0. The zero-order valence-electron chi connectivity index (χ0n) is 19.8. The minimum absolute atomic E-state index is 0.0770. The topological polar surface area (TPSA) is 80.9 Å². The summed E-state index contributed by atoms with van der Waals surface area (Å²) in [6, 6.07) is 13.7. The predicted molar refractivity (Wildman–Crippen MR) is 137 cm³/mol. The molecule has 0 saturated carbocycles. The maximum atomic E-state index is 12.7. The summed E-state index contributed by atoms with van der Waals surface area (Å²) in [7, 11) is 1.66. The highest BCUT2D eigenvalue weighted by molar-refractivity contribution is 6.31. The number of hydrogen-bond donors (Lipinski definition) is 2. The van der Waals surface area contributed by atoms with Crippen molar-refractivity contribution < 1.29 is 14.3 Å². The SMILES string of the molecule is COc1ccc(N2CCN(C(=O)CCNC(=O)N3CCc4c([nH]c5ccc(Cl)cc45)C3)CC2)cc1. The second-order valence-corrected chi connectivity index (χ2v) is 9.43. The number of anilines is 1. The van der Waals surface area contributed by atoms with Crippen LogP contribution < -0.4 is 15.0 Å². The summed E-state index contributed by atoms with van der Waals surface area (Å²) >= 11 is 6.16. The van der Waals surface area contributed by atoms with E-state index in [9.17, 15) is 9.59 Å². The minimum Gasteiger partial charge on any atom is -0.497 e. The Labute approximate surface area is 209 Å². The van der Waals surface area contributed by atoms with Crippen molar-refractivity contribution in [1.29, 1.82) is 0 Å². The number of aromatic nitrogens is 1. The van der Waals surface area contributed by atoms with Crippen molar-refractivity contribution in [3.63, 3.8) is 0 Å². The number of amides is 3. The summed E-state index contributed by atoms with van der Waals surface area (Å²) in [5.74, 6) is 0.911. The number of carbonyl (C=O) groups excluding carboxylic acids is 2. The molecule has 1 fully saturated rings. The molecule has 9 heteroatoms. The summed E-state index contributed by atoms with van der Waals surface area (Å²) < 4.78 is 5.22. The van der Waals surface area contributed by atoms with Crippen LogP contribution in [0.2, 0.25) is 5.02 Å². The minimum atomic E-state index is -0.135. The van der Waals surface area contributed by atoms with Crippen LogP contribution in [0.3, 0.4) is 0 Å². The second-order valence-electron chi connectivity index (χ2n) is 8.99. The van der Waals surface area contributed by atoms with E-state index in [2.05, 4.69) is 15.2 Å². The molecule has 1 aromatic heterocycles. The molecule has 0 aliphatic carbocycles. The molecular formula is C26H30ClN5O3. The van der Waals surface area contributed by atoms with Gasteiger partial charge in [-0.15, -0.1) is 0 Å². The van der Waals surface area contributed by atoms with Crippen molar-refractivity contribution in [2.75, 3.05) is 51.3 Å². The quantitative estimate of drug-likeness (QED) is 0.566. The Balaban J connectivity index is 1.07. The summed E-state index contributed by atoms with van der Waals surface area (Å²) in [5, 5.41) is 4.77. The molecule has 0 atom stereocenters. The number of fused-ring (bicyclic) bond motifs is 3. The lowest BCUT2D eigenvalue weighted by molar-refractivity contribution is -0.131. The van der Waals surface area contributed by atoms with Crippen LogP contribution in [0, 0.1) is 0 Å². The number of urea groups is 1. The van der Waals surface area contributed by atoms with E-state index in [0.717, 1.165) is 47.5 Å². The van der Waals surface area contributed by atoms with Crippen LogP contribution in [0.1, 0.15) is 17.7 Å². The van der Waals surface area contributed by atoms with Crippen molar-refractivity contribution in [2.24, 2.45) is 0 Å². The number of nitrogens with one attached hydrogen (secondary N) is 2. The second kappa shape index (κ2) is 10.1. The fraction of sp³-hybridized carbons (Fsp3) is 0.385.